The van der Waals surface area contributed by atoms with Crippen LogP contribution in [0.1, 0.15) is 37.4 Å². The van der Waals surface area contributed by atoms with Crippen LogP contribution in [-0.4, -0.2) is 18.1 Å². The van der Waals surface area contributed by atoms with Crippen LogP contribution in [-0.2, 0) is 0 Å². The molecule has 1 unspecified atom stereocenters. The fourth-order valence-electron chi connectivity index (χ4n) is 3.16. The van der Waals surface area contributed by atoms with E-state index in [0.29, 0.717) is 0 Å². The molecule has 2 aromatic rings. The van der Waals surface area contributed by atoms with Crippen LogP contribution in [0.3, 0.4) is 0 Å². The smallest absolute Gasteiger partial charge is 0.0649 e. The molecule has 0 aliphatic carbocycles. The van der Waals surface area contributed by atoms with E-state index >= 15 is 0 Å². The molecule has 1 atom stereocenters. The Kier molecular flexibility index (Phi) is 4.28. The summed E-state index contributed by atoms with van der Waals surface area (Å²) in [5.74, 6) is 0.831. The summed E-state index contributed by atoms with van der Waals surface area (Å²) < 4.78 is 0. The Morgan fingerprint density at radius 2 is 2.00 bits per heavy atom. The number of benzene rings is 1. The Bertz CT molecular complexity index is 556. The van der Waals surface area contributed by atoms with Gasteiger partial charge in [0, 0.05) is 17.6 Å². The van der Waals surface area contributed by atoms with Gasteiger partial charge in [0.15, 0.2) is 0 Å². The zero-order valence-corrected chi connectivity index (χ0v) is 11.9. The SMILES string of the molecule is NC(CCC1CCNCC1)c1nccc2ccccc12. The first kappa shape index (κ1) is 13.5. The third-order valence-electron chi connectivity index (χ3n) is 4.40. The van der Waals surface area contributed by atoms with Crippen molar-refractivity contribution in [3.63, 3.8) is 0 Å². The van der Waals surface area contributed by atoms with Crippen LogP contribution < -0.4 is 11.1 Å². The third kappa shape index (κ3) is 3.00. The Balaban J connectivity index is 1.70. The Morgan fingerprint density at radius 3 is 2.85 bits per heavy atom. The second-order valence-electron chi connectivity index (χ2n) is 5.79. The van der Waals surface area contributed by atoms with Crippen LogP contribution >= 0.6 is 0 Å². The first-order valence-electron chi connectivity index (χ1n) is 7.64. The zero-order valence-electron chi connectivity index (χ0n) is 11.9. The monoisotopic (exact) mass is 269 g/mol. The van der Waals surface area contributed by atoms with Crippen molar-refractivity contribution in [3.05, 3.63) is 42.2 Å². The highest BCUT2D eigenvalue weighted by Crippen LogP contribution is 2.26. The van der Waals surface area contributed by atoms with E-state index in [1.807, 2.05) is 6.20 Å². The van der Waals surface area contributed by atoms with Crippen molar-refractivity contribution in [3.8, 4) is 0 Å². The molecule has 1 aliphatic rings. The minimum absolute atomic E-state index is 0.0518. The van der Waals surface area contributed by atoms with Gasteiger partial charge in [-0.1, -0.05) is 24.3 Å². The minimum atomic E-state index is 0.0518. The molecular weight excluding hydrogens is 246 g/mol. The summed E-state index contributed by atoms with van der Waals surface area (Å²) in [7, 11) is 0. The number of pyridine rings is 1. The Morgan fingerprint density at radius 1 is 1.20 bits per heavy atom. The number of rotatable bonds is 4. The van der Waals surface area contributed by atoms with Gasteiger partial charge < -0.3 is 11.1 Å². The predicted octanol–water partition coefficient (Wildman–Crippen LogP) is 3.01. The van der Waals surface area contributed by atoms with E-state index in [9.17, 15) is 0 Å². The number of piperidine rings is 1. The van der Waals surface area contributed by atoms with Crippen molar-refractivity contribution in [2.75, 3.05) is 13.1 Å². The first-order chi connectivity index (χ1) is 9.84. The number of nitrogens with zero attached hydrogens (tertiary/aromatic N) is 1. The molecule has 3 heteroatoms. The summed E-state index contributed by atoms with van der Waals surface area (Å²) in [5.41, 5.74) is 7.45. The normalized spacial score (nSPS) is 18.2. The zero-order chi connectivity index (χ0) is 13.8. The van der Waals surface area contributed by atoms with Gasteiger partial charge >= 0.3 is 0 Å². The predicted molar refractivity (Wildman–Crippen MR) is 83.5 cm³/mol. The van der Waals surface area contributed by atoms with Crippen molar-refractivity contribution in [2.45, 2.75) is 31.7 Å². The number of aromatic nitrogens is 1. The highest BCUT2D eigenvalue weighted by atomic mass is 14.9. The van der Waals surface area contributed by atoms with Crippen molar-refractivity contribution in [1.29, 1.82) is 0 Å². The number of nitrogens with two attached hydrogens (primary N) is 1. The van der Waals surface area contributed by atoms with Gasteiger partial charge in [-0.2, -0.15) is 0 Å². The molecule has 2 heterocycles. The fraction of sp³-hybridized carbons (Fsp3) is 0.471. The third-order valence-corrected chi connectivity index (χ3v) is 4.40. The molecule has 3 nitrogen and oxygen atoms in total. The molecule has 106 valence electrons. The van der Waals surface area contributed by atoms with Crippen molar-refractivity contribution in [2.24, 2.45) is 11.7 Å². The van der Waals surface area contributed by atoms with E-state index in [2.05, 4.69) is 40.6 Å². The summed E-state index contributed by atoms with van der Waals surface area (Å²) in [6, 6.07) is 10.5. The maximum Gasteiger partial charge on any atom is 0.0649 e. The molecule has 1 aliphatic heterocycles. The van der Waals surface area contributed by atoms with Gasteiger partial charge in [0.05, 0.1) is 5.69 Å². The molecule has 0 spiro atoms. The van der Waals surface area contributed by atoms with Crippen LogP contribution in [0.4, 0.5) is 0 Å². The van der Waals surface area contributed by atoms with Gasteiger partial charge in [0.25, 0.3) is 0 Å². The van der Waals surface area contributed by atoms with Crippen molar-refractivity contribution in [1.82, 2.24) is 10.3 Å². The number of hydrogen-bond donors (Lipinski definition) is 2. The maximum atomic E-state index is 6.40. The second-order valence-corrected chi connectivity index (χ2v) is 5.79. The molecule has 1 aromatic heterocycles. The number of nitrogens with one attached hydrogen (secondary N) is 1. The fourth-order valence-corrected chi connectivity index (χ4v) is 3.16. The molecule has 3 N–H and O–H groups in total. The van der Waals surface area contributed by atoms with Crippen molar-refractivity contribution >= 4 is 10.8 Å². The first-order valence-corrected chi connectivity index (χ1v) is 7.64. The Labute approximate surface area is 120 Å². The molecule has 0 radical (unpaired) electrons. The van der Waals surface area contributed by atoms with E-state index in [1.54, 1.807) is 0 Å². The van der Waals surface area contributed by atoms with E-state index in [-0.39, 0.29) is 6.04 Å². The van der Waals surface area contributed by atoms with Crippen LogP contribution in [0.5, 0.6) is 0 Å². The van der Waals surface area contributed by atoms with E-state index in [1.165, 1.54) is 30.0 Å². The van der Waals surface area contributed by atoms with Crippen LogP contribution in [0.15, 0.2) is 36.5 Å². The van der Waals surface area contributed by atoms with Gasteiger partial charge in [0.1, 0.15) is 0 Å². The van der Waals surface area contributed by atoms with E-state index in [4.69, 9.17) is 5.73 Å². The van der Waals surface area contributed by atoms with Crippen LogP contribution in [0.2, 0.25) is 0 Å². The summed E-state index contributed by atoms with van der Waals surface area (Å²) in [6.07, 6.45) is 6.70. The summed E-state index contributed by atoms with van der Waals surface area (Å²) in [5, 5.41) is 5.85. The quantitative estimate of drug-likeness (QED) is 0.897. The summed E-state index contributed by atoms with van der Waals surface area (Å²) in [4.78, 5) is 4.53. The minimum Gasteiger partial charge on any atom is -0.323 e. The lowest BCUT2D eigenvalue weighted by molar-refractivity contribution is 0.337. The largest absolute Gasteiger partial charge is 0.323 e. The van der Waals surface area contributed by atoms with Crippen LogP contribution in [0, 0.1) is 5.92 Å². The topological polar surface area (TPSA) is 50.9 Å². The summed E-state index contributed by atoms with van der Waals surface area (Å²) in [6.45, 7) is 2.32. The standard InChI is InChI=1S/C17H23N3/c18-16(6-5-13-7-10-19-11-8-13)17-15-4-2-1-3-14(15)9-12-20-17/h1-4,9,12-13,16,19H,5-8,10-11,18H2. The van der Waals surface area contributed by atoms with Gasteiger partial charge in [0.2, 0.25) is 0 Å². The molecular formula is C17H23N3. The average molecular weight is 269 g/mol. The lowest BCUT2D eigenvalue weighted by Gasteiger charge is -2.24. The molecule has 1 fully saturated rings. The molecule has 20 heavy (non-hydrogen) atoms. The lowest BCUT2D eigenvalue weighted by Crippen LogP contribution is -2.28. The summed E-state index contributed by atoms with van der Waals surface area (Å²) >= 11 is 0. The average Bonchev–Trinajstić information content (AvgIpc) is 2.53. The van der Waals surface area contributed by atoms with Gasteiger partial charge in [-0.3, -0.25) is 4.98 Å². The van der Waals surface area contributed by atoms with Crippen molar-refractivity contribution < 1.29 is 0 Å². The second kappa shape index (κ2) is 6.33. The molecule has 1 aromatic carbocycles. The number of fused-ring (bicyclic) bond motifs is 1. The number of hydrogen-bond acceptors (Lipinski definition) is 3. The molecule has 0 bridgehead atoms. The van der Waals surface area contributed by atoms with Gasteiger partial charge in [-0.15, -0.1) is 0 Å². The molecule has 3 rings (SSSR count). The highest BCUT2D eigenvalue weighted by Gasteiger charge is 2.16. The highest BCUT2D eigenvalue weighted by molar-refractivity contribution is 5.84. The van der Waals surface area contributed by atoms with E-state index in [0.717, 1.165) is 31.1 Å². The molecule has 0 saturated carbocycles. The maximum absolute atomic E-state index is 6.40. The molecule has 1 saturated heterocycles. The van der Waals surface area contributed by atoms with E-state index < -0.39 is 0 Å². The van der Waals surface area contributed by atoms with Crippen LogP contribution in [0.25, 0.3) is 10.8 Å². The van der Waals surface area contributed by atoms with Gasteiger partial charge in [-0.25, -0.2) is 0 Å². The van der Waals surface area contributed by atoms with Gasteiger partial charge in [-0.05, 0) is 56.1 Å². The molecule has 0 amide bonds. The Hall–Kier alpha value is -1.45. The lowest BCUT2D eigenvalue weighted by atomic mass is 9.90.